The Morgan fingerprint density at radius 2 is 2.45 bits per heavy atom. The summed E-state index contributed by atoms with van der Waals surface area (Å²) in [5.41, 5.74) is 5.45. The van der Waals surface area contributed by atoms with E-state index >= 15 is 0 Å². The molecule has 1 atom stereocenters. The van der Waals surface area contributed by atoms with Gasteiger partial charge in [0, 0.05) is 13.1 Å². The van der Waals surface area contributed by atoms with Crippen LogP contribution in [-0.2, 0) is 0 Å². The molecule has 0 radical (unpaired) electrons. The minimum atomic E-state index is -0.817. The number of likely N-dealkylation sites (tertiary alicyclic amines) is 1. The first-order chi connectivity index (χ1) is 5.24. The van der Waals surface area contributed by atoms with Crippen molar-refractivity contribution in [2.75, 3.05) is 19.6 Å². The number of amides is 1. The second-order valence-corrected chi connectivity index (χ2v) is 2.97. The van der Waals surface area contributed by atoms with Crippen LogP contribution in [0.4, 0.5) is 4.79 Å². The summed E-state index contributed by atoms with van der Waals surface area (Å²) < 4.78 is 0. The highest BCUT2D eigenvalue weighted by Gasteiger charge is 2.21. The van der Waals surface area contributed by atoms with Crippen LogP contribution < -0.4 is 5.73 Å². The molecule has 1 aliphatic rings. The predicted molar refractivity (Wildman–Crippen MR) is 41.4 cm³/mol. The second-order valence-electron chi connectivity index (χ2n) is 2.97. The fourth-order valence-electron chi connectivity index (χ4n) is 1.43. The molecular weight excluding hydrogens is 144 g/mol. The van der Waals surface area contributed by atoms with Crippen molar-refractivity contribution in [3.63, 3.8) is 0 Å². The molecule has 64 valence electrons. The Labute approximate surface area is 66.0 Å². The molecule has 4 heteroatoms. The van der Waals surface area contributed by atoms with Gasteiger partial charge in [-0.1, -0.05) is 0 Å². The SMILES string of the molecule is NCC1CCCN(C(=O)O)C1. The number of nitrogens with zero attached hydrogens (tertiary/aromatic N) is 1. The Hall–Kier alpha value is -0.770. The molecule has 0 saturated carbocycles. The van der Waals surface area contributed by atoms with Gasteiger partial charge in [0.1, 0.15) is 0 Å². The molecule has 0 aromatic carbocycles. The lowest BCUT2D eigenvalue weighted by molar-refractivity contribution is 0.121. The number of carboxylic acid groups (broad SMARTS) is 1. The van der Waals surface area contributed by atoms with Crippen LogP contribution in [0.3, 0.4) is 0 Å². The van der Waals surface area contributed by atoms with Gasteiger partial charge in [-0.05, 0) is 25.3 Å². The summed E-state index contributed by atoms with van der Waals surface area (Å²) in [6, 6.07) is 0. The third-order valence-electron chi connectivity index (χ3n) is 2.12. The number of hydrogen-bond donors (Lipinski definition) is 2. The van der Waals surface area contributed by atoms with Crippen molar-refractivity contribution in [2.45, 2.75) is 12.8 Å². The van der Waals surface area contributed by atoms with Crippen LogP contribution >= 0.6 is 0 Å². The minimum Gasteiger partial charge on any atom is -0.465 e. The number of carbonyl (C=O) groups is 1. The van der Waals surface area contributed by atoms with E-state index < -0.39 is 6.09 Å². The van der Waals surface area contributed by atoms with E-state index in [-0.39, 0.29) is 0 Å². The van der Waals surface area contributed by atoms with Gasteiger partial charge in [0.15, 0.2) is 0 Å². The average Bonchev–Trinajstić information content (AvgIpc) is 2.05. The quantitative estimate of drug-likeness (QED) is 0.578. The lowest BCUT2D eigenvalue weighted by Gasteiger charge is -2.29. The first-order valence-electron chi connectivity index (χ1n) is 3.92. The van der Waals surface area contributed by atoms with Gasteiger partial charge in [0.25, 0.3) is 0 Å². The molecule has 1 saturated heterocycles. The smallest absolute Gasteiger partial charge is 0.407 e. The Morgan fingerprint density at radius 1 is 1.73 bits per heavy atom. The predicted octanol–water partition coefficient (Wildman–Crippen LogP) is 0.335. The average molecular weight is 158 g/mol. The Morgan fingerprint density at radius 3 is 3.00 bits per heavy atom. The van der Waals surface area contributed by atoms with Crippen molar-refractivity contribution in [3.8, 4) is 0 Å². The highest BCUT2D eigenvalue weighted by molar-refractivity contribution is 5.65. The molecule has 0 aliphatic carbocycles. The fourth-order valence-corrected chi connectivity index (χ4v) is 1.43. The van der Waals surface area contributed by atoms with E-state index in [1.54, 1.807) is 0 Å². The van der Waals surface area contributed by atoms with Gasteiger partial charge in [-0.15, -0.1) is 0 Å². The molecule has 1 unspecified atom stereocenters. The lowest BCUT2D eigenvalue weighted by Crippen LogP contribution is -2.41. The van der Waals surface area contributed by atoms with Gasteiger partial charge in [-0.2, -0.15) is 0 Å². The number of piperidine rings is 1. The van der Waals surface area contributed by atoms with Crippen LogP contribution in [0.15, 0.2) is 0 Å². The van der Waals surface area contributed by atoms with Gasteiger partial charge in [0.05, 0.1) is 0 Å². The van der Waals surface area contributed by atoms with Crippen LogP contribution in [0, 0.1) is 5.92 Å². The standard InChI is InChI=1S/C7H14N2O2/c8-4-6-2-1-3-9(5-6)7(10)11/h6H,1-5,8H2,(H,10,11). The summed E-state index contributed by atoms with van der Waals surface area (Å²) in [7, 11) is 0. The zero-order valence-electron chi connectivity index (χ0n) is 6.49. The molecular formula is C7H14N2O2. The second kappa shape index (κ2) is 3.57. The molecule has 0 spiro atoms. The van der Waals surface area contributed by atoms with Crippen LogP contribution in [0.5, 0.6) is 0 Å². The summed E-state index contributed by atoms with van der Waals surface area (Å²) in [5.74, 6) is 0.375. The molecule has 1 fully saturated rings. The van der Waals surface area contributed by atoms with Crippen molar-refractivity contribution in [3.05, 3.63) is 0 Å². The molecule has 1 rings (SSSR count). The van der Waals surface area contributed by atoms with Gasteiger partial charge in [-0.3, -0.25) is 0 Å². The number of rotatable bonds is 1. The lowest BCUT2D eigenvalue weighted by atomic mass is 9.99. The van der Waals surface area contributed by atoms with Gasteiger partial charge in [0.2, 0.25) is 0 Å². The van der Waals surface area contributed by atoms with E-state index in [9.17, 15) is 4.79 Å². The molecule has 1 aliphatic heterocycles. The number of hydrogen-bond acceptors (Lipinski definition) is 2. The molecule has 1 heterocycles. The first-order valence-corrected chi connectivity index (χ1v) is 3.92. The largest absolute Gasteiger partial charge is 0.465 e. The molecule has 0 aromatic heterocycles. The maximum absolute atomic E-state index is 10.5. The maximum Gasteiger partial charge on any atom is 0.407 e. The summed E-state index contributed by atoms with van der Waals surface area (Å²) in [6.07, 6.45) is 1.21. The third-order valence-corrected chi connectivity index (χ3v) is 2.12. The normalized spacial score (nSPS) is 25.2. The molecule has 11 heavy (non-hydrogen) atoms. The van der Waals surface area contributed by atoms with E-state index in [4.69, 9.17) is 10.8 Å². The molecule has 0 aromatic rings. The maximum atomic E-state index is 10.5. The molecule has 3 N–H and O–H groups in total. The highest BCUT2D eigenvalue weighted by Crippen LogP contribution is 2.14. The zero-order chi connectivity index (χ0) is 8.27. The van der Waals surface area contributed by atoms with Gasteiger partial charge < -0.3 is 15.7 Å². The summed E-state index contributed by atoms with van der Waals surface area (Å²) >= 11 is 0. The zero-order valence-corrected chi connectivity index (χ0v) is 6.49. The van der Waals surface area contributed by atoms with Gasteiger partial charge >= 0.3 is 6.09 Å². The van der Waals surface area contributed by atoms with E-state index in [0.717, 1.165) is 12.8 Å². The monoisotopic (exact) mass is 158 g/mol. The van der Waals surface area contributed by atoms with Crippen LogP contribution in [0.1, 0.15) is 12.8 Å². The van der Waals surface area contributed by atoms with Crippen LogP contribution in [-0.4, -0.2) is 35.7 Å². The Kier molecular flexibility index (Phi) is 2.70. The molecule has 1 amide bonds. The topological polar surface area (TPSA) is 66.6 Å². The first kappa shape index (κ1) is 8.33. The van der Waals surface area contributed by atoms with E-state index in [1.165, 1.54) is 4.90 Å². The van der Waals surface area contributed by atoms with Crippen molar-refractivity contribution in [1.82, 2.24) is 4.90 Å². The van der Waals surface area contributed by atoms with Crippen LogP contribution in [0.2, 0.25) is 0 Å². The minimum absolute atomic E-state index is 0.375. The van der Waals surface area contributed by atoms with Crippen LogP contribution in [0.25, 0.3) is 0 Å². The fraction of sp³-hybridized carbons (Fsp3) is 0.857. The van der Waals surface area contributed by atoms with Crippen molar-refractivity contribution in [1.29, 1.82) is 0 Å². The summed E-state index contributed by atoms with van der Waals surface area (Å²) in [4.78, 5) is 11.9. The highest BCUT2D eigenvalue weighted by atomic mass is 16.4. The third kappa shape index (κ3) is 2.08. The molecule has 0 bridgehead atoms. The van der Waals surface area contributed by atoms with Crippen molar-refractivity contribution in [2.24, 2.45) is 11.7 Å². The molecule has 4 nitrogen and oxygen atoms in total. The van der Waals surface area contributed by atoms with E-state index in [0.29, 0.717) is 25.6 Å². The summed E-state index contributed by atoms with van der Waals surface area (Å²) in [6.45, 7) is 1.89. The Bertz CT molecular complexity index is 149. The van der Waals surface area contributed by atoms with Crippen molar-refractivity contribution >= 4 is 6.09 Å². The number of nitrogens with two attached hydrogens (primary N) is 1. The Balaban J connectivity index is 2.39. The summed E-state index contributed by atoms with van der Waals surface area (Å²) in [5, 5.41) is 8.64. The van der Waals surface area contributed by atoms with Crippen molar-refractivity contribution < 1.29 is 9.90 Å². The van der Waals surface area contributed by atoms with E-state index in [1.807, 2.05) is 0 Å². The van der Waals surface area contributed by atoms with Gasteiger partial charge in [-0.25, -0.2) is 4.79 Å². The van der Waals surface area contributed by atoms with E-state index in [2.05, 4.69) is 0 Å².